The summed E-state index contributed by atoms with van der Waals surface area (Å²) < 4.78 is 12.0. The van der Waals surface area contributed by atoms with Gasteiger partial charge in [0.05, 0.1) is 22.6 Å². The highest BCUT2D eigenvalue weighted by Crippen LogP contribution is 2.35. The first kappa shape index (κ1) is 21.7. The maximum Gasteiger partial charge on any atom is 0.266 e. The zero-order valence-electron chi connectivity index (χ0n) is 16.0. The van der Waals surface area contributed by atoms with Crippen molar-refractivity contribution in [1.82, 2.24) is 4.90 Å². The molecule has 0 bridgehead atoms. The summed E-state index contributed by atoms with van der Waals surface area (Å²) in [4.78, 5) is 15.0. The van der Waals surface area contributed by atoms with Crippen LogP contribution in [0.25, 0.3) is 6.08 Å². The third-order valence-corrected chi connectivity index (χ3v) is 6.77. The number of thioether (sulfide) groups is 1. The van der Waals surface area contributed by atoms with Crippen molar-refractivity contribution in [3.63, 3.8) is 0 Å². The monoisotopic (exact) mass is 479 g/mol. The van der Waals surface area contributed by atoms with Gasteiger partial charge in [-0.1, -0.05) is 65.4 Å². The molecule has 0 radical (unpaired) electrons. The van der Waals surface area contributed by atoms with Crippen molar-refractivity contribution in [2.45, 2.75) is 25.6 Å². The third-order valence-electron chi connectivity index (χ3n) is 4.85. The Morgan fingerprint density at radius 1 is 1.23 bits per heavy atom. The smallest absolute Gasteiger partial charge is 0.266 e. The zero-order valence-corrected chi connectivity index (χ0v) is 19.1. The lowest BCUT2D eigenvalue weighted by atomic mass is 10.2. The summed E-state index contributed by atoms with van der Waals surface area (Å²) in [5.74, 6) is 0.495. The van der Waals surface area contributed by atoms with Crippen molar-refractivity contribution < 1.29 is 14.3 Å². The summed E-state index contributed by atoms with van der Waals surface area (Å²) >= 11 is 19.0. The van der Waals surface area contributed by atoms with E-state index < -0.39 is 0 Å². The highest BCUT2D eigenvalue weighted by Gasteiger charge is 2.34. The number of carbonyl (C=O) groups excluding carboxylic acids is 1. The lowest BCUT2D eigenvalue weighted by molar-refractivity contribution is -0.123. The fourth-order valence-electron chi connectivity index (χ4n) is 3.27. The Morgan fingerprint density at radius 3 is 2.73 bits per heavy atom. The number of carbonyl (C=O) groups is 1. The number of thiocarbonyl (C=S) groups is 1. The first-order valence-electron chi connectivity index (χ1n) is 9.53. The largest absolute Gasteiger partial charge is 0.487 e. The third kappa shape index (κ3) is 5.18. The normalized spacial score (nSPS) is 20.4. The van der Waals surface area contributed by atoms with Crippen LogP contribution in [0.1, 0.15) is 24.0 Å². The molecule has 2 heterocycles. The van der Waals surface area contributed by atoms with Crippen molar-refractivity contribution in [2.24, 2.45) is 0 Å². The van der Waals surface area contributed by atoms with E-state index >= 15 is 0 Å². The minimum Gasteiger partial charge on any atom is -0.487 e. The van der Waals surface area contributed by atoms with Gasteiger partial charge in [-0.05, 0) is 54.3 Å². The van der Waals surface area contributed by atoms with Crippen LogP contribution >= 0.6 is 47.2 Å². The second-order valence-corrected chi connectivity index (χ2v) is 9.55. The fourth-order valence-corrected chi connectivity index (χ4v) is 4.91. The first-order valence-corrected chi connectivity index (χ1v) is 11.5. The lowest BCUT2D eigenvalue weighted by Gasteiger charge is -2.18. The number of rotatable bonds is 6. The average Bonchev–Trinajstić information content (AvgIpc) is 3.33. The van der Waals surface area contributed by atoms with Gasteiger partial charge in [0.1, 0.15) is 16.7 Å². The molecule has 2 fully saturated rings. The average molecular weight is 480 g/mol. The van der Waals surface area contributed by atoms with Crippen LogP contribution in [0.5, 0.6) is 5.75 Å². The van der Waals surface area contributed by atoms with Gasteiger partial charge in [0.2, 0.25) is 0 Å². The maximum absolute atomic E-state index is 12.8. The van der Waals surface area contributed by atoms with Gasteiger partial charge >= 0.3 is 0 Å². The lowest BCUT2D eigenvalue weighted by Crippen LogP contribution is -2.35. The molecular weight excluding hydrogens is 461 g/mol. The number of nitrogens with zero attached hydrogens (tertiary/aromatic N) is 1. The summed E-state index contributed by atoms with van der Waals surface area (Å²) in [6.45, 7) is 1.65. The highest BCUT2D eigenvalue weighted by atomic mass is 35.5. The second-order valence-electron chi connectivity index (χ2n) is 7.03. The Kier molecular flexibility index (Phi) is 7.01. The van der Waals surface area contributed by atoms with Crippen molar-refractivity contribution in [2.75, 3.05) is 13.2 Å². The van der Waals surface area contributed by atoms with Crippen molar-refractivity contribution in [3.05, 3.63) is 68.5 Å². The maximum atomic E-state index is 12.8. The van der Waals surface area contributed by atoms with E-state index in [2.05, 4.69) is 0 Å². The van der Waals surface area contributed by atoms with Gasteiger partial charge < -0.3 is 9.47 Å². The number of hydrogen-bond acceptors (Lipinski definition) is 5. The van der Waals surface area contributed by atoms with Gasteiger partial charge in [0, 0.05) is 11.6 Å². The van der Waals surface area contributed by atoms with E-state index in [4.69, 9.17) is 44.9 Å². The topological polar surface area (TPSA) is 38.8 Å². The Labute approximate surface area is 195 Å². The molecular formula is C22H19Cl2NO3S2. The van der Waals surface area contributed by atoms with Crippen LogP contribution < -0.4 is 4.74 Å². The van der Waals surface area contributed by atoms with Crippen LogP contribution in [0.15, 0.2) is 47.4 Å². The van der Waals surface area contributed by atoms with E-state index in [0.29, 0.717) is 38.2 Å². The van der Waals surface area contributed by atoms with E-state index in [0.717, 1.165) is 30.6 Å². The van der Waals surface area contributed by atoms with E-state index in [-0.39, 0.29) is 12.0 Å². The molecule has 0 unspecified atom stereocenters. The van der Waals surface area contributed by atoms with Crippen molar-refractivity contribution in [3.8, 4) is 5.75 Å². The predicted molar refractivity (Wildman–Crippen MR) is 126 cm³/mol. The summed E-state index contributed by atoms with van der Waals surface area (Å²) in [5.41, 5.74) is 1.81. The molecule has 8 heteroatoms. The number of halogens is 2. The molecule has 1 amide bonds. The molecule has 2 aliphatic rings. The van der Waals surface area contributed by atoms with Gasteiger partial charge in [-0.15, -0.1) is 0 Å². The van der Waals surface area contributed by atoms with Crippen LogP contribution in [0.4, 0.5) is 0 Å². The Morgan fingerprint density at radius 2 is 2.03 bits per heavy atom. The van der Waals surface area contributed by atoms with Crippen LogP contribution in [0.2, 0.25) is 10.0 Å². The standard InChI is InChI=1S/C22H19Cl2NO3S2/c23-16-6-3-14(4-7-16)13-28-19-8-5-15(10-18(19)24)11-20-21(26)25(22(29)30-20)12-17-2-1-9-27-17/h3-8,10-11,17H,1-2,9,12-13H2/b20-11-/t17-/m0/s1. The number of hydrogen-bond donors (Lipinski definition) is 0. The van der Waals surface area contributed by atoms with Crippen molar-refractivity contribution in [1.29, 1.82) is 0 Å². The molecule has 0 spiro atoms. The SMILES string of the molecule is O=C1/C(=C/c2ccc(OCc3ccc(Cl)cc3)c(Cl)c2)SC(=S)N1C[C@@H]1CCCO1. The molecule has 4 rings (SSSR count). The van der Waals surface area contributed by atoms with Gasteiger partial charge in [-0.3, -0.25) is 9.69 Å². The molecule has 0 aromatic heterocycles. The van der Waals surface area contributed by atoms with Gasteiger partial charge in [-0.25, -0.2) is 0 Å². The Bertz CT molecular complexity index is 988. The first-order chi connectivity index (χ1) is 14.5. The van der Waals surface area contributed by atoms with Gasteiger partial charge in [0.25, 0.3) is 5.91 Å². The molecule has 0 saturated carbocycles. The molecule has 2 aromatic rings. The van der Waals surface area contributed by atoms with Gasteiger partial charge in [-0.2, -0.15) is 0 Å². The Hall–Kier alpha value is -1.57. The number of amides is 1. The molecule has 0 aliphatic carbocycles. The van der Waals surface area contributed by atoms with Crippen LogP contribution in [0, 0.1) is 0 Å². The van der Waals surface area contributed by atoms with Crippen molar-refractivity contribution >= 4 is 63.5 Å². The summed E-state index contributed by atoms with van der Waals surface area (Å²) in [5, 5.41) is 1.16. The van der Waals surface area contributed by atoms with E-state index in [1.165, 1.54) is 11.8 Å². The zero-order chi connectivity index (χ0) is 21.1. The minimum atomic E-state index is -0.0836. The Balaban J connectivity index is 1.42. The molecule has 0 N–H and O–H groups in total. The van der Waals surface area contributed by atoms with E-state index in [1.807, 2.05) is 36.4 Å². The molecule has 1 atom stereocenters. The molecule has 2 saturated heterocycles. The van der Waals surface area contributed by atoms with Crippen LogP contribution in [-0.4, -0.2) is 34.4 Å². The van der Waals surface area contributed by atoms with Crippen LogP contribution in [-0.2, 0) is 16.1 Å². The van der Waals surface area contributed by atoms with E-state index in [1.54, 1.807) is 17.0 Å². The molecule has 30 heavy (non-hydrogen) atoms. The van der Waals surface area contributed by atoms with Crippen LogP contribution in [0.3, 0.4) is 0 Å². The molecule has 156 valence electrons. The fraction of sp³-hybridized carbons (Fsp3) is 0.273. The molecule has 2 aliphatic heterocycles. The predicted octanol–water partition coefficient (Wildman–Crippen LogP) is 5.95. The highest BCUT2D eigenvalue weighted by molar-refractivity contribution is 8.26. The number of ether oxygens (including phenoxy) is 2. The van der Waals surface area contributed by atoms with Gasteiger partial charge in [0.15, 0.2) is 0 Å². The molecule has 2 aromatic carbocycles. The summed E-state index contributed by atoms with van der Waals surface area (Å²) in [7, 11) is 0. The summed E-state index contributed by atoms with van der Waals surface area (Å²) in [6, 6.07) is 12.9. The quantitative estimate of drug-likeness (QED) is 0.377. The minimum absolute atomic E-state index is 0.0679. The van der Waals surface area contributed by atoms with E-state index in [9.17, 15) is 4.79 Å². The second kappa shape index (κ2) is 9.71. The molecule has 4 nitrogen and oxygen atoms in total. The summed E-state index contributed by atoms with van der Waals surface area (Å²) in [6.07, 6.45) is 3.87. The number of benzene rings is 2.